The highest BCUT2D eigenvalue weighted by atomic mass is 16.2. The molecule has 2 aliphatic rings. The van der Waals surface area contributed by atoms with E-state index in [1.165, 1.54) is 6.42 Å². The van der Waals surface area contributed by atoms with E-state index in [0.29, 0.717) is 12.3 Å². The molecule has 1 heterocycles. The van der Waals surface area contributed by atoms with Crippen LogP contribution in [0.2, 0.25) is 0 Å². The van der Waals surface area contributed by atoms with Gasteiger partial charge in [-0.25, -0.2) is 0 Å². The third-order valence-corrected chi connectivity index (χ3v) is 4.96. The van der Waals surface area contributed by atoms with Crippen LogP contribution in [0.25, 0.3) is 0 Å². The fourth-order valence-corrected chi connectivity index (χ4v) is 3.74. The number of likely N-dealkylation sites (tertiary alicyclic amines) is 1. The zero-order valence-electron chi connectivity index (χ0n) is 14.1. The van der Waals surface area contributed by atoms with Crippen LogP contribution in [-0.2, 0) is 9.59 Å². The lowest BCUT2D eigenvalue weighted by Crippen LogP contribution is -2.45. The second kappa shape index (κ2) is 8.51. The number of carbonyl (C=O) groups is 2. The molecule has 126 valence electrons. The van der Waals surface area contributed by atoms with Gasteiger partial charge in [0.15, 0.2) is 0 Å². The molecule has 2 N–H and O–H groups in total. The van der Waals surface area contributed by atoms with Crippen molar-refractivity contribution >= 4 is 11.8 Å². The zero-order chi connectivity index (χ0) is 15.9. The van der Waals surface area contributed by atoms with Crippen LogP contribution in [0.4, 0.5) is 0 Å². The highest BCUT2D eigenvalue weighted by Crippen LogP contribution is 2.25. The number of nitrogens with zero attached hydrogens (tertiary/aromatic N) is 1. The molecule has 2 atom stereocenters. The molecule has 5 nitrogen and oxygen atoms in total. The van der Waals surface area contributed by atoms with Crippen LogP contribution in [-0.4, -0.2) is 49.4 Å². The number of carbonyl (C=O) groups excluding carboxylic acids is 2. The Labute approximate surface area is 134 Å². The topological polar surface area (TPSA) is 61.4 Å². The third-order valence-electron chi connectivity index (χ3n) is 4.96. The van der Waals surface area contributed by atoms with Crippen LogP contribution in [0.5, 0.6) is 0 Å². The number of hydrogen-bond donors (Lipinski definition) is 2. The first-order valence-corrected chi connectivity index (χ1v) is 8.83. The second-order valence-electron chi connectivity index (χ2n) is 7.00. The molecule has 22 heavy (non-hydrogen) atoms. The van der Waals surface area contributed by atoms with Crippen LogP contribution in [0.1, 0.15) is 51.9 Å². The Kier molecular flexibility index (Phi) is 6.68. The SMILES string of the molecule is CNCC1CCCN(C(=O)CC(C)NC(=O)C2CCCC2)C1. The minimum Gasteiger partial charge on any atom is -0.353 e. The van der Waals surface area contributed by atoms with E-state index in [4.69, 9.17) is 0 Å². The van der Waals surface area contributed by atoms with Gasteiger partial charge < -0.3 is 15.5 Å². The Hall–Kier alpha value is -1.10. The minimum absolute atomic E-state index is 0.0646. The molecule has 1 aliphatic heterocycles. The van der Waals surface area contributed by atoms with Gasteiger partial charge in [0.25, 0.3) is 0 Å². The molecule has 0 aromatic heterocycles. The highest BCUT2D eigenvalue weighted by Gasteiger charge is 2.27. The molecule has 2 fully saturated rings. The number of amides is 2. The van der Waals surface area contributed by atoms with Gasteiger partial charge in [0, 0.05) is 31.5 Å². The van der Waals surface area contributed by atoms with Crippen molar-refractivity contribution in [2.24, 2.45) is 11.8 Å². The summed E-state index contributed by atoms with van der Waals surface area (Å²) < 4.78 is 0. The third kappa shape index (κ3) is 4.97. The summed E-state index contributed by atoms with van der Waals surface area (Å²) in [5.74, 6) is 1.06. The monoisotopic (exact) mass is 309 g/mol. The maximum atomic E-state index is 12.4. The van der Waals surface area contributed by atoms with Gasteiger partial charge in [-0.15, -0.1) is 0 Å². The van der Waals surface area contributed by atoms with Crippen molar-refractivity contribution in [3.05, 3.63) is 0 Å². The molecule has 1 saturated heterocycles. The molecule has 2 amide bonds. The Morgan fingerprint density at radius 1 is 1.18 bits per heavy atom. The summed E-state index contributed by atoms with van der Waals surface area (Å²) in [5, 5.41) is 6.23. The first kappa shape index (κ1) is 17.3. The standard InChI is InChI=1S/C17H31N3O2/c1-13(19-17(22)15-7-3-4-8-15)10-16(21)20-9-5-6-14(12-20)11-18-2/h13-15,18H,3-12H2,1-2H3,(H,19,22). The first-order chi connectivity index (χ1) is 10.6. The first-order valence-electron chi connectivity index (χ1n) is 8.83. The van der Waals surface area contributed by atoms with E-state index < -0.39 is 0 Å². The molecule has 5 heteroatoms. The highest BCUT2D eigenvalue weighted by molar-refractivity contribution is 5.81. The van der Waals surface area contributed by atoms with Gasteiger partial charge >= 0.3 is 0 Å². The predicted octanol–water partition coefficient (Wildman–Crippen LogP) is 1.53. The van der Waals surface area contributed by atoms with Crippen LogP contribution in [0.15, 0.2) is 0 Å². The Morgan fingerprint density at radius 2 is 1.91 bits per heavy atom. The second-order valence-corrected chi connectivity index (χ2v) is 7.00. The van der Waals surface area contributed by atoms with Crippen LogP contribution in [0.3, 0.4) is 0 Å². The minimum atomic E-state index is -0.0646. The van der Waals surface area contributed by atoms with Gasteiger partial charge in [-0.2, -0.15) is 0 Å². The van der Waals surface area contributed by atoms with Crippen LogP contribution >= 0.6 is 0 Å². The number of rotatable bonds is 6. The molecule has 0 bridgehead atoms. The van der Waals surface area contributed by atoms with Gasteiger partial charge in [-0.1, -0.05) is 12.8 Å². The van der Waals surface area contributed by atoms with E-state index >= 15 is 0 Å². The van der Waals surface area contributed by atoms with Crippen molar-refractivity contribution in [1.29, 1.82) is 0 Å². The van der Waals surface area contributed by atoms with E-state index in [1.54, 1.807) is 0 Å². The predicted molar refractivity (Wildman–Crippen MR) is 87.4 cm³/mol. The summed E-state index contributed by atoms with van der Waals surface area (Å²) in [5.41, 5.74) is 0. The molecule has 1 aliphatic carbocycles. The molecule has 0 aromatic rings. The maximum absolute atomic E-state index is 12.4. The van der Waals surface area contributed by atoms with E-state index in [1.807, 2.05) is 18.9 Å². The Morgan fingerprint density at radius 3 is 2.59 bits per heavy atom. The lowest BCUT2D eigenvalue weighted by molar-refractivity contribution is -0.133. The Bertz CT molecular complexity index is 378. The summed E-state index contributed by atoms with van der Waals surface area (Å²) in [7, 11) is 1.96. The molecular weight excluding hydrogens is 278 g/mol. The summed E-state index contributed by atoms with van der Waals surface area (Å²) in [6, 6.07) is -0.0646. The van der Waals surface area contributed by atoms with Gasteiger partial charge in [0.2, 0.25) is 11.8 Å². The molecular formula is C17H31N3O2. The lowest BCUT2D eigenvalue weighted by atomic mass is 9.97. The summed E-state index contributed by atoms with van der Waals surface area (Å²) in [6.45, 7) is 4.63. The van der Waals surface area contributed by atoms with E-state index in [2.05, 4.69) is 10.6 Å². The quantitative estimate of drug-likeness (QED) is 0.782. The summed E-state index contributed by atoms with van der Waals surface area (Å²) >= 11 is 0. The number of nitrogens with one attached hydrogen (secondary N) is 2. The van der Waals surface area contributed by atoms with E-state index in [-0.39, 0.29) is 23.8 Å². The number of hydrogen-bond acceptors (Lipinski definition) is 3. The van der Waals surface area contributed by atoms with Crippen molar-refractivity contribution in [3.63, 3.8) is 0 Å². The molecule has 0 radical (unpaired) electrons. The fourth-order valence-electron chi connectivity index (χ4n) is 3.74. The van der Waals surface area contributed by atoms with Gasteiger partial charge in [-0.05, 0) is 52.1 Å². The summed E-state index contributed by atoms with van der Waals surface area (Å²) in [4.78, 5) is 26.5. The van der Waals surface area contributed by atoms with E-state index in [0.717, 1.165) is 51.7 Å². The van der Waals surface area contributed by atoms with Gasteiger partial charge in [-0.3, -0.25) is 9.59 Å². The van der Waals surface area contributed by atoms with Crippen LogP contribution in [0, 0.1) is 11.8 Å². The molecule has 0 aromatic carbocycles. The van der Waals surface area contributed by atoms with Gasteiger partial charge in [0.05, 0.1) is 0 Å². The molecule has 0 spiro atoms. The van der Waals surface area contributed by atoms with Crippen LogP contribution < -0.4 is 10.6 Å². The molecule has 1 saturated carbocycles. The van der Waals surface area contributed by atoms with Crippen molar-refractivity contribution in [2.45, 2.75) is 57.9 Å². The van der Waals surface area contributed by atoms with Crippen molar-refractivity contribution in [3.8, 4) is 0 Å². The Balaban J connectivity index is 1.74. The zero-order valence-corrected chi connectivity index (χ0v) is 14.1. The molecule has 2 unspecified atom stereocenters. The number of piperidine rings is 1. The average molecular weight is 309 g/mol. The smallest absolute Gasteiger partial charge is 0.224 e. The maximum Gasteiger partial charge on any atom is 0.224 e. The van der Waals surface area contributed by atoms with Crippen molar-refractivity contribution < 1.29 is 9.59 Å². The average Bonchev–Trinajstić information content (AvgIpc) is 3.02. The van der Waals surface area contributed by atoms with E-state index in [9.17, 15) is 9.59 Å². The normalized spacial score (nSPS) is 24.3. The molecule has 2 rings (SSSR count). The summed E-state index contributed by atoms with van der Waals surface area (Å²) in [6.07, 6.45) is 7.02. The largest absolute Gasteiger partial charge is 0.353 e. The van der Waals surface area contributed by atoms with Gasteiger partial charge in [0.1, 0.15) is 0 Å². The lowest BCUT2D eigenvalue weighted by Gasteiger charge is -2.33. The fraction of sp³-hybridized carbons (Fsp3) is 0.882. The van der Waals surface area contributed by atoms with Crippen molar-refractivity contribution in [2.75, 3.05) is 26.7 Å². The van der Waals surface area contributed by atoms with Crippen molar-refractivity contribution in [1.82, 2.24) is 15.5 Å².